The van der Waals surface area contributed by atoms with Gasteiger partial charge in [0.15, 0.2) is 0 Å². The maximum atomic E-state index is 13.1. The van der Waals surface area contributed by atoms with Gasteiger partial charge in [0.1, 0.15) is 11.6 Å². The van der Waals surface area contributed by atoms with Gasteiger partial charge < -0.3 is 14.5 Å². The highest BCUT2D eigenvalue weighted by molar-refractivity contribution is 5.43. The Morgan fingerprint density at radius 3 is 2.35 bits per heavy atom. The molecular weight excluding hydrogens is 399 g/mol. The minimum atomic E-state index is -0.313. The molecule has 0 spiro atoms. The van der Waals surface area contributed by atoms with Gasteiger partial charge >= 0.3 is 0 Å². The van der Waals surface area contributed by atoms with Crippen LogP contribution >= 0.6 is 0 Å². The molecule has 2 aromatic heterocycles. The van der Waals surface area contributed by atoms with Gasteiger partial charge in [-0.15, -0.1) is 0 Å². The average molecular weight is 418 g/mol. The molecule has 0 aliphatic carbocycles. The van der Waals surface area contributed by atoms with E-state index in [1.807, 2.05) is 30.3 Å². The molecule has 0 bridgehead atoms. The summed E-state index contributed by atoms with van der Waals surface area (Å²) in [4.78, 5) is 13.1. The van der Waals surface area contributed by atoms with Crippen LogP contribution in [0.1, 0.15) is 0 Å². The van der Waals surface area contributed by atoms with E-state index in [1.165, 1.54) is 12.1 Å². The third kappa shape index (κ3) is 4.13. The number of aromatic nitrogens is 6. The molecule has 1 fully saturated rings. The Bertz CT molecular complexity index is 1140. The van der Waals surface area contributed by atoms with Crippen molar-refractivity contribution in [2.75, 3.05) is 36.0 Å². The van der Waals surface area contributed by atoms with E-state index in [2.05, 4.69) is 35.3 Å². The van der Waals surface area contributed by atoms with E-state index in [4.69, 9.17) is 4.74 Å². The molecule has 156 valence electrons. The average Bonchev–Trinajstić information content (AvgIpc) is 3.32. The number of halogens is 1. The van der Waals surface area contributed by atoms with E-state index in [9.17, 15) is 4.39 Å². The van der Waals surface area contributed by atoms with E-state index >= 15 is 0 Å². The van der Waals surface area contributed by atoms with Crippen molar-refractivity contribution < 1.29 is 9.13 Å². The summed E-state index contributed by atoms with van der Waals surface area (Å²) in [5, 5.41) is 12.2. The number of benzene rings is 2. The number of para-hydroxylation sites is 1. The molecule has 0 amide bonds. The van der Waals surface area contributed by atoms with Crippen LogP contribution < -0.4 is 14.5 Å². The fourth-order valence-corrected chi connectivity index (χ4v) is 3.39. The maximum Gasteiger partial charge on any atom is 0.250 e. The number of rotatable bonds is 5. The molecule has 1 aliphatic rings. The van der Waals surface area contributed by atoms with Crippen LogP contribution in [-0.4, -0.2) is 56.4 Å². The number of hydrogen-bond acceptors (Lipinski definition) is 8. The lowest BCUT2D eigenvalue weighted by molar-refractivity contribution is 0.458. The largest absolute Gasteiger partial charge is 0.439 e. The smallest absolute Gasteiger partial charge is 0.250 e. The van der Waals surface area contributed by atoms with Crippen molar-refractivity contribution in [2.24, 2.45) is 0 Å². The normalized spacial score (nSPS) is 14.0. The lowest BCUT2D eigenvalue weighted by Gasteiger charge is -2.34. The number of hydrogen-bond donors (Lipinski definition) is 0. The third-order valence-electron chi connectivity index (χ3n) is 4.95. The van der Waals surface area contributed by atoms with Crippen molar-refractivity contribution in [2.45, 2.75) is 0 Å². The van der Waals surface area contributed by atoms with E-state index in [0.717, 1.165) is 18.8 Å². The van der Waals surface area contributed by atoms with Gasteiger partial charge in [-0.2, -0.15) is 9.67 Å². The molecule has 10 heteroatoms. The minimum absolute atomic E-state index is 0.313. The summed E-state index contributed by atoms with van der Waals surface area (Å²) in [5.74, 6) is 1.91. The SMILES string of the molecule is Fc1ccc(Oc2ccnc(N3CCN(c4nnnn4-c4ccccc4)CC3)n2)cc1. The molecule has 1 aliphatic heterocycles. The van der Waals surface area contributed by atoms with Crippen LogP contribution in [0, 0.1) is 5.82 Å². The zero-order chi connectivity index (χ0) is 21.0. The highest BCUT2D eigenvalue weighted by atomic mass is 19.1. The summed E-state index contributed by atoms with van der Waals surface area (Å²) in [6.45, 7) is 2.86. The zero-order valence-corrected chi connectivity index (χ0v) is 16.5. The van der Waals surface area contributed by atoms with Gasteiger partial charge in [-0.25, -0.2) is 9.37 Å². The van der Waals surface area contributed by atoms with E-state index in [1.54, 1.807) is 29.1 Å². The van der Waals surface area contributed by atoms with E-state index < -0.39 is 0 Å². The lowest BCUT2D eigenvalue weighted by atomic mass is 10.3. The Kier molecular flexibility index (Phi) is 5.09. The van der Waals surface area contributed by atoms with Crippen LogP contribution in [0.15, 0.2) is 66.9 Å². The van der Waals surface area contributed by atoms with Crippen LogP contribution in [0.4, 0.5) is 16.3 Å². The summed E-state index contributed by atoms with van der Waals surface area (Å²) in [6.07, 6.45) is 1.66. The first kappa shape index (κ1) is 18.9. The summed E-state index contributed by atoms with van der Waals surface area (Å²) in [7, 11) is 0. The predicted octanol–water partition coefficient (Wildman–Crippen LogP) is 2.71. The standard InChI is InChI=1S/C21H19FN8O/c22-16-6-8-18(9-7-16)31-19-10-11-23-20(24-19)28-12-14-29(15-13-28)21-25-26-27-30(21)17-4-2-1-3-5-17/h1-11H,12-15H2. The Balaban J connectivity index is 1.26. The molecule has 1 saturated heterocycles. The van der Waals surface area contributed by atoms with Crippen LogP contribution in [0.3, 0.4) is 0 Å². The van der Waals surface area contributed by atoms with Gasteiger partial charge in [0, 0.05) is 38.4 Å². The summed E-state index contributed by atoms with van der Waals surface area (Å²) in [6, 6.07) is 17.3. The number of anilines is 2. The quantitative estimate of drug-likeness (QED) is 0.489. The first-order valence-electron chi connectivity index (χ1n) is 9.86. The molecule has 4 aromatic rings. The Morgan fingerprint density at radius 2 is 1.58 bits per heavy atom. The van der Waals surface area contributed by atoms with Gasteiger partial charge in [-0.3, -0.25) is 0 Å². The van der Waals surface area contributed by atoms with Crippen molar-refractivity contribution in [3.8, 4) is 17.3 Å². The summed E-state index contributed by atoms with van der Waals surface area (Å²) >= 11 is 0. The molecule has 31 heavy (non-hydrogen) atoms. The third-order valence-corrected chi connectivity index (χ3v) is 4.95. The fraction of sp³-hybridized carbons (Fsp3) is 0.190. The van der Waals surface area contributed by atoms with Gasteiger partial charge in [0.2, 0.25) is 17.8 Å². The number of piperazine rings is 1. The van der Waals surface area contributed by atoms with Crippen LogP contribution in [0.25, 0.3) is 5.69 Å². The second-order valence-electron chi connectivity index (χ2n) is 6.95. The second kappa shape index (κ2) is 8.34. The molecule has 5 rings (SSSR count). The van der Waals surface area contributed by atoms with E-state index in [0.29, 0.717) is 36.6 Å². The number of ether oxygens (including phenoxy) is 1. The molecule has 2 aromatic carbocycles. The van der Waals surface area contributed by atoms with Crippen LogP contribution in [0.5, 0.6) is 11.6 Å². The molecule has 0 atom stereocenters. The van der Waals surface area contributed by atoms with Crippen molar-refractivity contribution >= 4 is 11.9 Å². The number of nitrogens with zero attached hydrogens (tertiary/aromatic N) is 8. The Labute approximate surface area is 177 Å². The molecule has 9 nitrogen and oxygen atoms in total. The highest BCUT2D eigenvalue weighted by Gasteiger charge is 2.23. The molecule has 0 radical (unpaired) electrons. The minimum Gasteiger partial charge on any atom is -0.439 e. The summed E-state index contributed by atoms with van der Waals surface area (Å²) < 4.78 is 20.5. The van der Waals surface area contributed by atoms with Crippen LogP contribution in [-0.2, 0) is 0 Å². The number of tetrazole rings is 1. The molecule has 0 unspecified atom stereocenters. The van der Waals surface area contributed by atoms with Crippen molar-refractivity contribution in [1.29, 1.82) is 0 Å². The molecule has 0 N–H and O–H groups in total. The van der Waals surface area contributed by atoms with Gasteiger partial charge in [-0.1, -0.05) is 23.3 Å². The summed E-state index contributed by atoms with van der Waals surface area (Å²) in [5.41, 5.74) is 0.916. The van der Waals surface area contributed by atoms with Gasteiger partial charge in [-0.05, 0) is 46.8 Å². The lowest BCUT2D eigenvalue weighted by Crippen LogP contribution is -2.48. The zero-order valence-electron chi connectivity index (χ0n) is 16.5. The van der Waals surface area contributed by atoms with E-state index in [-0.39, 0.29) is 5.82 Å². The monoisotopic (exact) mass is 418 g/mol. The highest BCUT2D eigenvalue weighted by Crippen LogP contribution is 2.23. The Hall–Kier alpha value is -4.08. The predicted molar refractivity (Wildman–Crippen MR) is 112 cm³/mol. The van der Waals surface area contributed by atoms with Crippen LogP contribution in [0.2, 0.25) is 0 Å². The van der Waals surface area contributed by atoms with Crippen molar-refractivity contribution in [3.63, 3.8) is 0 Å². The molecular formula is C21H19FN8O. The van der Waals surface area contributed by atoms with Crippen molar-refractivity contribution in [3.05, 3.63) is 72.7 Å². The maximum absolute atomic E-state index is 13.1. The van der Waals surface area contributed by atoms with Crippen molar-refractivity contribution in [1.82, 2.24) is 30.2 Å². The first-order valence-corrected chi connectivity index (χ1v) is 9.86. The first-order chi connectivity index (χ1) is 15.3. The van der Waals surface area contributed by atoms with Gasteiger partial charge in [0.05, 0.1) is 5.69 Å². The Morgan fingerprint density at radius 1 is 0.839 bits per heavy atom. The van der Waals surface area contributed by atoms with Gasteiger partial charge in [0.25, 0.3) is 0 Å². The fourth-order valence-electron chi connectivity index (χ4n) is 3.39. The topological polar surface area (TPSA) is 85.1 Å². The molecule has 3 heterocycles. The molecule has 0 saturated carbocycles. The second-order valence-corrected chi connectivity index (χ2v) is 6.95.